The van der Waals surface area contributed by atoms with Crippen molar-refractivity contribution in [2.75, 3.05) is 13.1 Å². The summed E-state index contributed by atoms with van der Waals surface area (Å²) in [6.45, 7) is 2.84. The van der Waals surface area contributed by atoms with E-state index in [9.17, 15) is 9.90 Å². The number of nitrogens with zero attached hydrogens (tertiary/aromatic N) is 1. The van der Waals surface area contributed by atoms with Gasteiger partial charge in [0.2, 0.25) is 0 Å². The fraction of sp³-hybridized carbons (Fsp3) is 0.500. The Morgan fingerprint density at radius 1 is 1.53 bits per heavy atom. The highest BCUT2D eigenvalue weighted by Crippen LogP contribution is 2.25. The summed E-state index contributed by atoms with van der Waals surface area (Å²) in [6.07, 6.45) is 0.648. The van der Waals surface area contributed by atoms with Crippen LogP contribution < -0.4 is 4.74 Å². The molecule has 0 aliphatic carbocycles. The molecule has 2 rings (SSSR count). The van der Waals surface area contributed by atoms with Gasteiger partial charge in [-0.05, 0) is 47.8 Å². The highest BCUT2D eigenvalue weighted by atomic mass is 79.9. The predicted octanol–water partition coefficient (Wildman–Crippen LogP) is 2.20. The van der Waals surface area contributed by atoms with Gasteiger partial charge in [-0.3, -0.25) is 4.79 Å². The first kappa shape index (κ1) is 14.3. The Kier molecular flexibility index (Phi) is 4.82. The molecule has 1 heterocycles. The molecule has 0 unspecified atom stereocenters. The Labute approximate surface area is 121 Å². The van der Waals surface area contributed by atoms with Crippen molar-refractivity contribution < 1.29 is 14.6 Å². The number of carbonyl (C=O) groups excluding carboxylic acids is 1. The number of carbonyl (C=O) groups is 1. The fourth-order valence-corrected chi connectivity index (χ4v) is 2.57. The summed E-state index contributed by atoms with van der Waals surface area (Å²) in [4.78, 5) is 13.9. The van der Waals surface area contributed by atoms with Crippen LogP contribution >= 0.6 is 15.9 Å². The number of hydrogen-bond acceptors (Lipinski definition) is 3. The van der Waals surface area contributed by atoms with E-state index in [4.69, 9.17) is 4.74 Å². The van der Waals surface area contributed by atoms with Crippen molar-refractivity contribution in [3.8, 4) is 5.75 Å². The second-order valence-corrected chi connectivity index (χ2v) is 5.63. The van der Waals surface area contributed by atoms with Crippen molar-refractivity contribution in [1.82, 2.24) is 4.90 Å². The molecule has 0 spiro atoms. The van der Waals surface area contributed by atoms with E-state index in [1.807, 2.05) is 24.3 Å². The third kappa shape index (κ3) is 3.70. The Balaban J connectivity index is 1.97. The molecule has 2 atom stereocenters. The average Bonchev–Trinajstić information content (AvgIpc) is 2.40. The molecule has 1 aromatic carbocycles. The van der Waals surface area contributed by atoms with Crippen molar-refractivity contribution in [2.24, 2.45) is 0 Å². The summed E-state index contributed by atoms with van der Waals surface area (Å²) >= 11 is 3.39. The molecule has 0 aromatic heterocycles. The first-order chi connectivity index (χ1) is 9.08. The highest BCUT2D eigenvalue weighted by Gasteiger charge is 2.27. The average molecular weight is 328 g/mol. The van der Waals surface area contributed by atoms with Crippen LogP contribution in [0, 0.1) is 0 Å². The number of benzene rings is 1. The summed E-state index contributed by atoms with van der Waals surface area (Å²) in [7, 11) is 0. The summed E-state index contributed by atoms with van der Waals surface area (Å²) in [5.74, 6) is 0.579. The summed E-state index contributed by atoms with van der Waals surface area (Å²) in [5.41, 5.74) is 0. The van der Waals surface area contributed by atoms with E-state index in [-0.39, 0.29) is 5.91 Å². The Bertz CT molecular complexity index is 452. The normalized spacial score (nSPS) is 21.0. The second kappa shape index (κ2) is 6.39. The number of para-hydroxylation sites is 1. The Hall–Kier alpha value is -1.07. The number of aliphatic hydroxyl groups excluding tert-OH is 1. The SMILES string of the molecule is C[C@@H](Oc1ccccc1Br)C(=O)N1CCC[C@@H](O)C1. The molecule has 0 saturated carbocycles. The van der Waals surface area contributed by atoms with Crippen LogP contribution in [0.5, 0.6) is 5.75 Å². The minimum absolute atomic E-state index is 0.0745. The zero-order valence-corrected chi connectivity index (χ0v) is 12.5. The molecule has 1 aromatic rings. The third-order valence-corrected chi connectivity index (χ3v) is 3.85. The van der Waals surface area contributed by atoms with Gasteiger partial charge in [-0.25, -0.2) is 0 Å². The fourth-order valence-electron chi connectivity index (χ4n) is 2.19. The van der Waals surface area contributed by atoms with Crippen LogP contribution in [-0.2, 0) is 4.79 Å². The number of β-amino-alcohol motifs (C(OH)–C–C–N with tert-alkyl or cyclic N) is 1. The second-order valence-electron chi connectivity index (χ2n) is 4.77. The monoisotopic (exact) mass is 327 g/mol. The lowest BCUT2D eigenvalue weighted by Gasteiger charge is -2.32. The molecular formula is C14H18BrNO3. The molecule has 1 saturated heterocycles. The van der Waals surface area contributed by atoms with E-state index in [2.05, 4.69) is 15.9 Å². The molecule has 5 heteroatoms. The number of piperidine rings is 1. The van der Waals surface area contributed by atoms with Crippen LogP contribution in [0.15, 0.2) is 28.7 Å². The van der Waals surface area contributed by atoms with Gasteiger partial charge in [0.25, 0.3) is 5.91 Å². The van der Waals surface area contributed by atoms with Gasteiger partial charge in [-0.1, -0.05) is 12.1 Å². The summed E-state index contributed by atoms with van der Waals surface area (Å²) < 4.78 is 6.50. The van der Waals surface area contributed by atoms with Crippen LogP contribution in [0.2, 0.25) is 0 Å². The lowest BCUT2D eigenvalue weighted by molar-refractivity contribution is -0.141. The summed E-state index contributed by atoms with van der Waals surface area (Å²) in [5, 5.41) is 9.60. The predicted molar refractivity (Wildman–Crippen MR) is 76.1 cm³/mol. The molecule has 1 N–H and O–H groups in total. The molecule has 104 valence electrons. The molecule has 1 aliphatic heterocycles. The van der Waals surface area contributed by atoms with Crippen molar-refractivity contribution >= 4 is 21.8 Å². The van der Waals surface area contributed by atoms with Gasteiger partial charge >= 0.3 is 0 Å². The quantitative estimate of drug-likeness (QED) is 0.925. The van der Waals surface area contributed by atoms with Gasteiger partial charge in [0.05, 0.1) is 10.6 Å². The maximum absolute atomic E-state index is 12.2. The number of likely N-dealkylation sites (tertiary alicyclic amines) is 1. The van der Waals surface area contributed by atoms with Gasteiger partial charge in [-0.2, -0.15) is 0 Å². The first-order valence-electron chi connectivity index (χ1n) is 6.46. The van der Waals surface area contributed by atoms with E-state index in [1.54, 1.807) is 11.8 Å². The van der Waals surface area contributed by atoms with Crippen molar-refractivity contribution in [3.63, 3.8) is 0 Å². The zero-order chi connectivity index (χ0) is 13.8. The molecule has 19 heavy (non-hydrogen) atoms. The third-order valence-electron chi connectivity index (χ3n) is 3.20. The van der Waals surface area contributed by atoms with Gasteiger partial charge in [0.15, 0.2) is 6.10 Å². The molecule has 1 amide bonds. The van der Waals surface area contributed by atoms with E-state index in [1.165, 1.54) is 0 Å². The van der Waals surface area contributed by atoms with Crippen molar-refractivity contribution in [2.45, 2.75) is 32.0 Å². The van der Waals surface area contributed by atoms with Crippen LogP contribution in [-0.4, -0.2) is 41.2 Å². The van der Waals surface area contributed by atoms with Crippen molar-refractivity contribution in [1.29, 1.82) is 0 Å². The molecule has 4 nitrogen and oxygen atoms in total. The molecule has 1 fully saturated rings. The largest absolute Gasteiger partial charge is 0.480 e. The van der Waals surface area contributed by atoms with Gasteiger partial charge < -0.3 is 14.7 Å². The maximum atomic E-state index is 12.2. The minimum atomic E-state index is -0.552. The van der Waals surface area contributed by atoms with Crippen LogP contribution in [0.3, 0.4) is 0 Å². The van der Waals surface area contributed by atoms with Crippen molar-refractivity contribution in [3.05, 3.63) is 28.7 Å². The smallest absolute Gasteiger partial charge is 0.263 e. The summed E-state index contributed by atoms with van der Waals surface area (Å²) in [6, 6.07) is 7.45. The molecule has 0 radical (unpaired) electrons. The van der Waals surface area contributed by atoms with Gasteiger partial charge in [0, 0.05) is 13.1 Å². The number of amides is 1. The molecule has 1 aliphatic rings. The molecular weight excluding hydrogens is 310 g/mol. The van der Waals surface area contributed by atoms with Crippen LogP contribution in [0.25, 0.3) is 0 Å². The van der Waals surface area contributed by atoms with Crippen LogP contribution in [0.4, 0.5) is 0 Å². The molecule has 0 bridgehead atoms. The standard InChI is InChI=1S/C14H18BrNO3/c1-10(19-13-7-3-2-6-12(13)15)14(18)16-8-4-5-11(17)9-16/h2-3,6-7,10-11,17H,4-5,8-9H2,1H3/t10-,11-/m1/s1. The van der Waals surface area contributed by atoms with Crippen LogP contribution in [0.1, 0.15) is 19.8 Å². The maximum Gasteiger partial charge on any atom is 0.263 e. The van der Waals surface area contributed by atoms with E-state index in [0.29, 0.717) is 18.8 Å². The lowest BCUT2D eigenvalue weighted by atomic mass is 10.1. The highest BCUT2D eigenvalue weighted by molar-refractivity contribution is 9.10. The zero-order valence-electron chi connectivity index (χ0n) is 10.9. The topological polar surface area (TPSA) is 49.8 Å². The minimum Gasteiger partial charge on any atom is -0.480 e. The van der Waals surface area contributed by atoms with Gasteiger partial charge in [0.1, 0.15) is 5.75 Å². The Morgan fingerprint density at radius 2 is 2.26 bits per heavy atom. The number of halogens is 1. The Morgan fingerprint density at radius 3 is 2.95 bits per heavy atom. The van der Waals surface area contributed by atoms with E-state index >= 15 is 0 Å². The van der Waals surface area contributed by atoms with Gasteiger partial charge in [-0.15, -0.1) is 0 Å². The van der Waals surface area contributed by atoms with E-state index in [0.717, 1.165) is 17.3 Å². The number of ether oxygens (including phenoxy) is 1. The first-order valence-corrected chi connectivity index (χ1v) is 7.25. The number of hydrogen-bond donors (Lipinski definition) is 1. The number of aliphatic hydroxyl groups is 1. The van der Waals surface area contributed by atoms with E-state index < -0.39 is 12.2 Å². The number of rotatable bonds is 3. The lowest BCUT2D eigenvalue weighted by Crippen LogP contribution is -2.47.